The van der Waals surface area contributed by atoms with E-state index >= 15 is 0 Å². The van der Waals surface area contributed by atoms with Gasteiger partial charge < -0.3 is 58.0 Å². The van der Waals surface area contributed by atoms with Gasteiger partial charge in [0.15, 0.2) is 0 Å². The van der Waals surface area contributed by atoms with Crippen LogP contribution in [0.1, 0.15) is 31.1 Å². The Kier molecular flexibility index (Phi) is 17.2. The predicted molar refractivity (Wildman–Crippen MR) is 192 cm³/mol. The lowest BCUT2D eigenvalue weighted by Gasteiger charge is -2.14. The molecular formula is C39H42O15. The summed E-state index contributed by atoms with van der Waals surface area (Å²) in [6, 6.07) is 23.5. The summed E-state index contributed by atoms with van der Waals surface area (Å²) in [7, 11) is 0. The average Bonchev–Trinajstić information content (AvgIpc) is 3.17. The molecule has 54 heavy (non-hydrogen) atoms. The highest BCUT2D eigenvalue weighted by molar-refractivity contribution is 5.88. The molecule has 4 rings (SSSR count). The van der Waals surface area contributed by atoms with E-state index in [4.69, 9.17) is 58.0 Å². The summed E-state index contributed by atoms with van der Waals surface area (Å²) in [5.74, 6) is 0.0781. The van der Waals surface area contributed by atoms with Gasteiger partial charge in [-0.2, -0.15) is 0 Å². The molecule has 4 aromatic rings. The molecule has 0 radical (unpaired) electrons. The van der Waals surface area contributed by atoms with Crippen molar-refractivity contribution < 1.29 is 72.3 Å². The molecule has 0 aromatic heterocycles. The van der Waals surface area contributed by atoms with Gasteiger partial charge in [0.1, 0.15) is 74.1 Å². The van der Waals surface area contributed by atoms with Crippen LogP contribution in [0, 0.1) is 0 Å². The van der Waals surface area contributed by atoms with E-state index in [1.54, 1.807) is 54.6 Å². The summed E-state index contributed by atoms with van der Waals surface area (Å²) in [6.07, 6.45) is 0. The molecule has 0 fully saturated rings. The molecule has 15 heteroatoms. The van der Waals surface area contributed by atoms with Crippen LogP contribution in [-0.2, 0) is 14.2 Å². The number of rotatable bonds is 27. The molecule has 0 aliphatic heterocycles. The number of carboxylic acids is 3. The monoisotopic (exact) mass is 750 g/mol. The van der Waals surface area contributed by atoms with Gasteiger partial charge in [0.2, 0.25) is 0 Å². The Morgan fingerprint density at radius 3 is 0.722 bits per heavy atom. The van der Waals surface area contributed by atoms with Crippen LogP contribution in [0.3, 0.4) is 0 Å². The van der Waals surface area contributed by atoms with Crippen LogP contribution in [0.4, 0.5) is 0 Å². The lowest BCUT2D eigenvalue weighted by atomic mass is 10.2. The number of benzene rings is 4. The topological polar surface area (TPSA) is 195 Å². The molecule has 0 saturated heterocycles. The van der Waals surface area contributed by atoms with Crippen LogP contribution in [-0.4, -0.2) is 113 Å². The Morgan fingerprint density at radius 1 is 0.315 bits per heavy atom. The first-order valence-electron chi connectivity index (χ1n) is 16.9. The Bertz CT molecular complexity index is 1510. The number of ether oxygens (including phenoxy) is 9. The summed E-state index contributed by atoms with van der Waals surface area (Å²) in [5.41, 5.74) is 0.534. The van der Waals surface area contributed by atoms with Gasteiger partial charge in [0.25, 0.3) is 0 Å². The summed E-state index contributed by atoms with van der Waals surface area (Å²) in [6.45, 7) is 3.26. The fourth-order valence-electron chi connectivity index (χ4n) is 4.49. The summed E-state index contributed by atoms with van der Waals surface area (Å²) in [4.78, 5) is 32.9. The number of hydrogen-bond acceptors (Lipinski definition) is 12. The molecule has 4 aromatic carbocycles. The van der Waals surface area contributed by atoms with Crippen molar-refractivity contribution in [1.29, 1.82) is 0 Å². The zero-order chi connectivity index (χ0) is 38.4. The summed E-state index contributed by atoms with van der Waals surface area (Å²) in [5, 5.41) is 27.0. The van der Waals surface area contributed by atoms with Crippen LogP contribution in [0.15, 0.2) is 91.0 Å². The van der Waals surface area contributed by atoms with Gasteiger partial charge in [-0.1, -0.05) is 0 Å². The standard InChI is InChI=1S/C39H42O15/c40-37(41)28-1-7-31(8-2-28)49-19-13-46-16-22-52-34-25-35(53-23-17-47-14-20-50-32-9-3-29(4-10-32)38(42)43)27-36(26-34)54-24-18-48-15-21-51-33-11-5-30(6-12-33)39(44)45/h1-12,25-27H,13-24H2,(H,40,41)(H,42,43)(H,44,45). The van der Waals surface area contributed by atoms with E-state index in [1.807, 2.05) is 0 Å². The van der Waals surface area contributed by atoms with Crippen LogP contribution < -0.4 is 28.4 Å². The number of carboxylic acid groups (broad SMARTS) is 3. The van der Waals surface area contributed by atoms with Gasteiger partial charge >= 0.3 is 17.9 Å². The molecule has 0 aliphatic carbocycles. The molecule has 0 bridgehead atoms. The molecule has 0 aliphatic rings. The third-order valence-corrected chi connectivity index (χ3v) is 7.14. The number of carbonyl (C=O) groups is 3. The van der Waals surface area contributed by atoms with Crippen LogP contribution >= 0.6 is 0 Å². The average molecular weight is 751 g/mol. The maximum atomic E-state index is 11.0. The van der Waals surface area contributed by atoms with Gasteiger partial charge in [-0.15, -0.1) is 0 Å². The van der Waals surface area contributed by atoms with Crippen molar-refractivity contribution in [3.8, 4) is 34.5 Å². The lowest BCUT2D eigenvalue weighted by molar-refractivity contribution is 0.0685. The Labute approximate surface area is 311 Å². The minimum atomic E-state index is -1.01. The highest BCUT2D eigenvalue weighted by Crippen LogP contribution is 2.28. The van der Waals surface area contributed by atoms with Gasteiger partial charge in [0, 0.05) is 18.2 Å². The van der Waals surface area contributed by atoms with E-state index in [-0.39, 0.29) is 76.2 Å². The molecule has 3 N–H and O–H groups in total. The van der Waals surface area contributed by atoms with Crippen molar-refractivity contribution in [1.82, 2.24) is 0 Å². The summed E-state index contributed by atoms with van der Waals surface area (Å²) < 4.78 is 51.2. The quantitative estimate of drug-likeness (QED) is 0.0672. The van der Waals surface area contributed by atoms with Crippen LogP contribution in [0.2, 0.25) is 0 Å². The van der Waals surface area contributed by atoms with Gasteiger partial charge in [0.05, 0.1) is 56.3 Å². The highest BCUT2D eigenvalue weighted by Gasteiger charge is 2.08. The smallest absolute Gasteiger partial charge is 0.335 e. The molecule has 0 unspecified atom stereocenters. The van der Waals surface area contributed by atoms with E-state index in [9.17, 15) is 14.4 Å². The fourth-order valence-corrected chi connectivity index (χ4v) is 4.49. The molecule has 0 saturated carbocycles. The number of aromatic carboxylic acids is 3. The van der Waals surface area contributed by atoms with E-state index in [0.29, 0.717) is 54.3 Å². The third kappa shape index (κ3) is 15.3. The molecule has 288 valence electrons. The van der Waals surface area contributed by atoms with Gasteiger partial charge in [-0.25, -0.2) is 14.4 Å². The Hall–Kier alpha value is -6.03. The third-order valence-electron chi connectivity index (χ3n) is 7.14. The Balaban J connectivity index is 1.16. The molecule has 0 amide bonds. The van der Waals surface area contributed by atoms with Gasteiger partial charge in [-0.05, 0) is 72.8 Å². The first kappa shape index (κ1) is 40.7. The number of hydrogen-bond donors (Lipinski definition) is 3. The van der Waals surface area contributed by atoms with Crippen LogP contribution in [0.25, 0.3) is 0 Å². The predicted octanol–water partition coefficient (Wildman–Crippen LogP) is 5.20. The van der Waals surface area contributed by atoms with Crippen molar-refractivity contribution in [2.45, 2.75) is 0 Å². The summed E-state index contributed by atoms with van der Waals surface area (Å²) >= 11 is 0. The zero-order valence-corrected chi connectivity index (χ0v) is 29.4. The lowest BCUT2D eigenvalue weighted by Crippen LogP contribution is -2.13. The van der Waals surface area contributed by atoms with Crippen molar-refractivity contribution in [3.63, 3.8) is 0 Å². The molecular weight excluding hydrogens is 708 g/mol. The molecule has 15 nitrogen and oxygen atoms in total. The second-order valence-electron chi connectivity index (χ2n) is 11.1. The van der Waals surface area contributed by atoms with Crippen molar-refractivity contribution in [2.75, 3.05) is 79.3 Å². The van der Waals surface area contributed by atoms with E-state index in [0.717, 1.165) is 0 Å². The SMILES string of the molecule is O=C(O)c1ccc(OCCOCCOc2cc(OCCOCCOc3ccc(C(=O)O)cc3)cc(OCCOCCOc3ccc(C(=O)O)cc3)c2)cc1. The minimum Gasteiger partial charge on any atom is -0.491 e. The fraction of sp³-hybridized carbons (Fsp3) is 0.308. The highest BCUT2D eigenvalue weighted by atomic mass is 16.6. The van der Waals surface area contributed by atoms with Crippen LogP contribution in [0.5, 0.6) is 34.5 Å². The first-order valence-corrected chi connectivity index (χ1v) is 16.9. The molecule has 0 spiro atoms. The van der Waals surface area contributed by atoms with E-state index in [2.05, 4.69) is 0 Å². The largest absolute Gasteiger partial charge is 0.491 e. The van der Waals surface area contributed by atoms with Gasteiger partial charge in [-0.3, -0.25) is 0 Å². The van der Waals surface area contributed by atoms with Crippen molar-refractivity contribution in [3.05, 3.63) is 108 Å². The zero-order valence-electron chi connectivity index (χ0n) is 29.4. The van der Waals surface area contributed by atoms with E-state index < -0.39 is 17.9 Å². The first-order chi connectivity index (χ1) is 26.3. The normalized spacial score (nSPS) is 10.7. The maximum absolute atomic E-state index is 11.0. The molecule has 0 heterocycles. The van der Waals surface area contributed by atoms with E-state index in [1.165, 1.54) is 36.4 Å². The van der Waals surface area contributed by atoms with Crippen molar-refractivity contribution >= 4 is 17.9 Å². The second kappa shape index (κ2) is 22.8. The molecule has 0 atom stereocenters. The second-order valence-corrected chi connectivity index (χ2v) is 11.1. The minimum absolute atomic E-state index is 0.178. The van der Waals surface area contributed by atoms with Crippen molar-refractivity contribution in [2.24, 2.45) is 0 Å². The Morgan fingerprint density at radius 2 is 0.519 bits per heavy atom. The maximum Gasteiger partial charge on any atom is 0.335 e.